The molecule has 1 saturated heterocycles. The Morgan fingerprint density at radius 2 is 1.61 bits per heavy atom. The third-order valence-corrected chi connectivity index (χ3v) is 4.89. The van der Waals surface area contributed by atoms with Crippen LogP contribution in [-0.4, -0.2) is 36.4 Å². The smallest absolute Gasteiger partial charge is 0.262 e. The maximum atomic E-state index is 13.0. The van der Waals surface area contributed by atoms with E-state index in [1.165, 1.54) is 0 Å². The van der Waals surface area contributed by atoms with Crippen molar-refractivity contribution in [2.45, 2.75) is 39.5 Å². The van der Waals surface area contributed by atoms with Crippen LogP contribution in [0.4, 0.5) is 5.69 Å². The number of carbonyl (C=O) groups excluding carboxylic acids is 2. The van der Waals surface area contributed by atoms with E-state index in [4.69, 9.17) is 4.74 Å². The van der Waals surface area contributed by atoms with Gasteiger partial charge in [0.1, 0.15) is 5.75 Å². The normalized spacial score (nSPS) is 14.3. The fraction of sp³-hybridized carbons (Fsp3) is 0.391. The summed E-state index contributed by atoms with van der Waals surface area (Å²) in [6, 6.07) is 13.0. The van der Waals surface area contributed by atoms with E-state index in [0.29, 0.717) is 17.0 Å². The van der Waals surface area contributed by atoms with E-state index in [-0.39, 0.29) is 18.4 Å². The lowest BCUT2D eigenvalue weighted by Crippen LogP contribution is -2.33. The third-order valence-electron chi connectivity index (χ3n) is 4.89. The molecule has 0 aromatic heterocycles. The molecule has 1 aliphatic heterocycles. The van der Waals surface area contributed by atoms with Crippen molar-refractivity contribution in [2.75, 3.05) is 25.0 Å². The van der Waals surface area contributed by atoms with Crippen molar-refractivity contribution < 1.29 is 14.3 Å². The lowest BCUT2D eigenvalue weighted by Gasteiger charge is -2.22. The van der Waals surface area contributed by atoms with E-state index < -0.39 is 0 Å². The first-order valence-electron chi connectivity index (χ1n) is 9.92. The predicted molar refractivity (Wildman–Crippen MR) is 111 cm³/mol. The molecule has 3 rings (SSSR count). The van der Waals surface area contributed by atoms with Crippen molar-refractivity contribution in [3.63, 3.8) is 0 Å². The van der Waals surface area contributed by atoms with Crippen LogP contribution in [-0.2, 0) is 4.79 Å². The number of nitrogens with one attached hydrogen (secondary N) is 1. The Labute approximate surface area is 166 Å². The quantitative estimate of drug-likeness (QED) is 0.840. The van der Waals surface area contributed by atoms with Gasteiger partial charge in [0.25, 0.3) is 11.8 Å². The topological polar surface area (TPSA) is 58.6 Å². The van der Waals surface area contributed by atoms with Gasteiger partial charge in [-0.3, -0.25) is 9.59 Å². The van der Waals surface area contributed by atoms with Crippen LogP contribution in [0.2, 0.25) is 0 Å². The molecule has 1 N–H and O–H groups in total. The third kappa shape index (κ3) is 5.35. The van der Waals surface area contributed by atoms with Gasteiger partial charge in [0, 0.05) is 13.1 Å². The van der Waals surface area contributed by atoms with Gasteiger partial charge in [-0.1, -0.05) is 31.0 Å². The Kier molecular flexibility index (Phi) is 6.69. The van der Waals surface area contributed by atoms with Crippen molar-refractivity contribution in [2.24, 2.45) is 0 Å². The number of hydrogen-bond acceptors (Lipinski definition) is 3. The molecule has 1 aliphatic rings. The first-order valence-corrected chi connectivity index (χ1v) is 9.92. The molecule has 2 aromatic carbocycles. The summed E-state index contributed by atoms with van der Waals surface area (Å²) >= 11 is 0. The van der Waals surface area contributed by atoms with Crippen LogP contribution < -0.4 is 10.1 Å². The second-order valence-corrected chi connectivity index (χ2v) is 7.41. The van der Waals surface area contributed by atoms with Crippen LogP contribution in [0, 0.1) is 13.8 Å². The monoisotopic (exact) mass is 380 g/mol. The molecule has 0 spiro atoms. The van der Waals surface area contributed by atoms with Crippen LogP contribution in [0.5, 0.6) is 5.75 Å². The summed E-state index contributed by atoms with van der Waals surface area (Å²) in [5.74, 6) is 0.366. The highest BCUT2D eigenvalue weighted by Gasteiger charge is 2.20. The Hall–Kier alpha value is -2.82. The number of benzene rings is 2. The van der Waals surface area contributed by atoms with E-state index in [2.05, 4.69) is 11.4 Å². The second-order valence-electron chi connectivity index (χ2n) is 7.41. The molecule has 5 nitrogen and oxygen atoms in total. The van der Waals surface area contributed by atoms with Crippen LogP contribution in [0.3, 0.4) is 0 Å². The van der Waals surface area contributed by atoms with E-state index in [1.807, 2.05) is 43.0 Å². The number of carbonyl (C=O) groups is 2. The minimum atomic E-state index is -0.282. The molecule has 1 fully saturated rings. The molecule has 0 radical (unpaired) electrons. The van der Waals surface area contributed by atoms with Gasteiger partial charge in [-0.05, 0) is 62.1 Å². The molecule has 0 atom stereocenters. The lowest BCUT2D eigenvalue weighted by molar-refractivity contribution is -0.118. The molecule has 28 heavy (non-hydrogen) atoms. The molecule has 0 saturated carbocycles. The number of ether oxygens (including phenoxy) is 1. The predicted octanol–water partition coefficient (Wildman–Crippen LogP) is 4.34. The van der Waals surface area contributed by atoms with Gasteiger partial charge in [-0.15, -0.1) is 0 Å². The van der Waals surface area contributed by atoms with Gasteiger partial charge < -0.3 is 15.0 Å². The average molecular weight is 380 g/mol. The van der Waals surface area contributed by atoms with Crippen molar-refractivity contribution in [3.8, 4) is 5.75 Å². The number of likely N-dealkylation sites (tertiary alicyclic amines) is 1. The molecule has 148 valence electrons. The first kappa shape index (κ1) is 19.9. The van der Waals surface area contributed by atoms with E-state index in [9.17, 15) is 9.59 Å². The zero-order valence-electron chi connectivity index (χ0n) is 16.7. The number of aryl methyl sites for hydroxylation is 2. The highest BCUT2D eigenvalue weighted by molar-refractivity contribution is 6.04. The molecule has 0 aliphatic carbocycles. The highest BCUT2D eigenvalue weighted by Crippen LogP contribution is 2.20. The maximum absolute atomic E-state index is 13.0. The van der Waals surface area contributed by atoms with Crippen molar-refractivity contribution in [3.05, 3.63) is 59.2 Å². The fourth-order valence-electron chi connectivity index (χ4n) is 3.57. The number of hydrogen-bond donors (Lipinski definition) is 1. The maximum Gasteiger partial charge on any atom is 0.262 e. The number of nitrogens with zero attached hydrogens (tertiary/aromatic N) is 1. The summed E-state index contributed by atoms with van der Waals surface area (Å²) in [7, 11) is 0. The van der Waals surface area contributed by atoms with E-state index in [1.54, 1.807) is 12.1 Å². The summed E-state index contributed by atoms with van der Waals surface area (Å²) in [6.07, 6.45) is 4.39. The Morgan fingerprint density at radius 1 is 0.964 bits per heavy atom. The minimum Gasteiger partial charge on any atom is -0.484 e. The van der Waals surface area contributed by atoms with Gasteiger partial charge in [0.05, 0.1) is 11.3 Å². The fourth-order valence-corrected chi connectivity index (χ4v) is 3.57. The van der Waals surface area contributed by atoms with Crippen molar-refractivity contribution >= 4 is 17.5 Å². The van der Waals surface area contributed by atoms with Crippen LogP contribution in [0.1, 0.15) is 47.2 Å². The van der Waals surface area contributed by atoms with Crippen LogP contribution >= 0.6 is 0 Å². The van der Waals surface area contributed by atoms with Gasteiger partial charge >= 0.3 is 0 Å². The SMILES string of the molecule is Cc1cc(C)cc(OCC(=O)Nc2ccccc2C(=O)N2CCCCCC2)c1. The molecule has 0 bridgehead atoms. The first-order chi connectivity index (χ1) is 13.5. The van der Waals surface area contributed by atoms with Crippen LogP contribution in [0.15, 0.2) is 42.5 Å². The summed E-state index contributed by atoms with van der Waals surface area (Å²) in [5.41, 5.74) is 3.24. The Bertz CT molecular complexity index is 819. The average Bonchev–Trinajstić information content (AvgIpc) is 2.95. The lowest BCUT2D eigenvalue weighted by atomic mass is 10.1. The Morgan fingerprint density at radius 3 is 2.29 bits per heavy atom. The molecular weight excluding hydrogens is 352 g/mol. The number of rotatable bonds is 5. The van der Waals surface area contributed by atoms with Gasteiger partial charge in [-0.2, -0.15) is 0 Å². The van der Waals surface area contributed by atoms with Crippen molar-refractivity contribution in [1.82, 2.24) is 4.90 Å². The molecule has 0 unspecified atom stereocenters. The molecule has 1 heterocycles. The molecule has 2 amide bonds. The summed E-state index contributed by atoms with van der Waals surface area (Å²) in [4.78, 5) is 27.2. The van der Waals surface area contributed by atoms with Gasteiger partial charge in [0.2, 0.25) is 0 Å². The summed E-state index contributed by atoms with van der Waals surface area (Å²) < 4.78 is 5.63. The number of para-hydroxylation sites is 1. The standard InChI is InChI=1S/C23H28N2O3/c1-17-13-18(2)15-19(14-17)28-16-22(26)24-21-10-6-5-9-20(21)23(27)25-11-7-3-4-8-12-25/h5-6,9-10,13-15H,3-4,7-8,11-12,16H2,1-2H3,(H,24,26). The van der Waals surface area contributed by atoms with Crippen LogP contribution in [0.25, 0.3) is 0 Å². The number of anilines is 1. The minimum absolute atomic E-state index is 0.0203. The van der Waals surface area contributed by atoms with Crippen molar-refractivity contribution in [1.29, 1.82) is 0 Å². The zero-order chi connectivity index (χ0) is 19.9. The summed E-state index contributed by atoms with van der Waals surface area (Å²) in [6.45, 7) is 5.43. The zero-order valence-corrected chi connectivity index (χ0v) is 16.7. The van der Waals surface area contributed by atoms with Gasteiger partial charge in [0.15, 0.2) is 6.61 Å². The molecular formula is C23H28N2O3. The highest BCUT2D eigenvalue weighted by atomic mass is 16.5. The molecule has 2 aromatic rings. The largest absolute Gasteiger partial charge is 0.484 e. The number of amides is 2. The second kappa shape index (κ2) is 9.40. The van der Waals surface area contributed by atoms with Gasteiger partial charge in [-0.25, -0.2) is 0 Å². The van der Waals surface area contributed by atoms with E-state index >= 15 is 0 Å². The Balaban J connectivity index is 1.65. The molecule has 5 heteroatoms. The summed E-state index contributed by atoms with van der Waals surface area (Å²) in [5, 5.41) is 2.83. The van der Waals surface area contributed by atoms with E-state index in [0.717, 1.165) is 49.9 Å².